The molecule has 2 heterocycles. The van der Waals surface area contributed by atoms with Gasteiger partial charge < -0.3 is 20.7 Å². The highest BCUT2D eigenvalue weighted by Gasteiger charge is 2.23. The van der Waals surface area contributed by atoms with E-state index < -0.39 is 0 Å². The van der Waals surface area contributed by atoms with Crippen LogP contribution in [0.2, 0.25) is 0 Å². The summed E-state index contributed by atoms with van der Waals surface area (Å²) < 4.78 is 2.02. The van der Waals surface area contributed by atoms with Gasteiger partial charge in [-0.15, -0.1) is 0 Å². The summed E-state index contributed by atoms with van der Waals surface area (Å²) in [4.78, 5) is 13.3. The maximum absolute atomic E-state index is 9.33. The number of nitrogens with zero attached hydrogens (tertiary/aromatic N) is 4. The van der Waals surface area contributed by atoms with Crippen molar-refractivity contribution in [2.75, 3.05) is 17.7 Å². The minimum absolute atomic E-state index is 0.142. The number of allylic oxidation sites excluding steroid dienone is 2. The lowest BCUT2D eigenvalue weighted by atomic mass is 10.0. The first kappa shape index (κ1) is 15.1. The van der Waals surface area contributed by atoms with E-state index >= 15 is 0 Å². The number of hydrogen-bond acceptors (Lipinski definition) is 6. The molecule has 0 aliphatic heterocycles. The first-order valence-corrected chi connectivity index (χ1v) is 8.47. The monoisotopic (exact) mass is 326 g/mol. The lowest BCUT2D eigenvalue weighted by Gasteiger charge is -2.19. The second-order valence-electron chi connectivity index (χ2n) is 6.49. The lowest BCUT2D eigenvalue weighted by molar-refractivity contribution is 0.244. The molecule has 0 saturated heterocycles. The molecule has 2 aromatic rings. The SMILES string of the molecule is Nc1nc(NC2C=CCCC2)c2ncn([C@@H]3C=C[C@H](CO)C3)c2n1. The van der Waals surface area contributed by atoms with Crippen molar-refractivity contribution in [1.29, 1.82) is 0 Å². The Hall–Kier alpha value is -2.41. The van der Waals surface area contributed by atoms with Crippen LogP contribution in [-0.2, 0) is 0 Å². The summed E-state index contributed by atoms with van der Waals surface area (Å²) in [6.07, 6.45) is 14.5. The number of rotatable bonds is 4. The van der Waals surface area contributed by atoms with Crippen LogP contribution in [0.1, 0.15) is 31.7 Å². The lowest BCUT2D eigenvalue weighted by Crippen LogP contribution is -2.20. The van der Waals surface area contributed by atoms with E-state index in [-0.39, 0.29) is 30.6 Å². The van der Waals surface area contributed by atoms with Crippen LogP contribution in [0.4, 0.5) is 11.8 Å². The van der Waals surface area contributed by atoms with Crippen molar-refractivity contribution in [3.8, 4) is 0 Å². The zero-order chi connectivity index (χ0) is 16.5. The molecule has 0 spiro atoms. The van der Waals surface area contributed by atoms with E-state index in [1.807, 2.05) is 10.6 Å². The van der Waals surface area contributed by atoms with Crippen LogP contribution in [-0.4, -0.2) is 37.3 Å². The number of anilines is 2. The highest BCUT2D eigenvalue weighted by molar-refractivity contribution is 5.84. The highest BCUT2D eigenvalue weighted by atomic mass is 16.3. The van der Waals surface area contributed by atoms with Crippen molar-refractivity contribution in [1.82, 2.24) is 19.5 Å². The normalized spacial score (nSPS) is 26.3. The van der Waals surface area contributed by atoms with Crippen LogP contribution in [0, 0.1) is 5.92 Å². The van der Waals surface area contributed by atoms with Crippen molar-refractivity contribution >= 4 is 22.9 Å². The van der Waals surface area contributed by atoms with E-state index in [1.54, 1.807) is 6.33 Å². The Morgan fingerprint density at radius 3 is 2.96 bits per heavy atom. The van der Waals surface area contributed by atoms with Gasteiger partial charge in [-0.1, -0.05) is 24.3 Å². The summed E-state index contributed by atoms with van der Waals surface area (Å²) in [6, 6.07) is 0.399. The fourth-order valence-electron chi connectivity index (χ4n) is 3.48. The molecule has 0 amide bonds. The molecule has 7 nitrogen and oxygen atoms in total. The number of nitrogens with two attached hydrogens (primary N) is 1. The van der Waals surface area contributed by atoms with Crippen molar-refractivity contribution < 1.29 is 5.11 Å². The van der Waals surface area contributed by atoms with E-state index in [0.717, 1.165) is 30.4 Å². The topological polar surface area (TPSA) is 102 Å². The summed E-state index contributed by atoms with van der Waals surface area (Å²) >= 11 is 0. The molecular weight excluding hydrogens is 304 g/mol. The molecule has 2 aliphatic carbocycles. The second kappa shape index (κ2) is 6.24. The van der Waals surface area contributed by atoms with E-state index in [9.17, 15) is 5.11 Å². The molecule has 7 heteroatoms. The van der Waals surface area contributed by atoms with Crippen LogP contribution in [0.15, 0.2) is 30.6 Å². The van der Waals surface area contributed by atoms with E-state index in [0.29, 0.717) is 5.82 Å². The van der Waals surface area contributed by atoms with Crippen molar-refractivity contribution in [2.24, 2.45) is 5.92 Å². The van der Waals surface area contributed by atoms with Gasteiger partial charge in [-0.25, -0.2) is 4.98 Å². The summed E-state index contributed by atoms with van der Waals surface area (Å²) in [6.45, 7) is 0.164. The van der Waals surface area contributed by atoms with Gasteiger partial charge >= 0.3 is 0 Å². The quantitative estimate of drug-likeness (QED) is 0.743. The predicted molar refractivity (Wildman–Crippen MR) is 93.5 cm³/mol. The van der Waals surface area contributed by atoms with Gasteiger partial charge in [0, 0.05) is 18.6 Å². The first-order chi connectivity index (χ1) is 11.7. The molecule has 2 aromatic heterocycles. The standard InChI is InChI=1S/C17H22N6O/c18-17-21-15(20-12-4-2-1-3-5-12)14-16(22-17)23(10-19-14)13-7-6-11(8-13)9-24/h2,4,6-7,10-13,24H,1,3,5,8-9H2,(H3,18,20,21,22)/t11-,12?,13+/m0/s1. The molecule has 24 heavy (non-hydrogen) atoms. The summed E-state index contributed by atoms with van der Waals surface area (Å²) in [7, 11) is 0. The van der Waals surface area contributed by atoms with Gasteiger partial charge in [0.1, 0.15) is 0 Å². The molecule has 4 N–H and O–H groups in total. The number of nitrogen functional groups attached to an aromatic ring is 1. The van der Waals surface area contributed by atoms with Gasteiger partial charge in [0.15, 0.2) is 17.0 Å². The zero-order valence-electron chi connectivity index (χ0n) is 13.5. The summed E-state index contributed by atoms with van der Waals surface area (Å²) in [5, 5.41) is 12.8. The molecule has 0 saturated carbocycles. The fraction of sp³-hybridized carbons (Fsp3) is 0.471. The van der Waals surface area contributed by atoms with Gasteiger partial charge in [-0.2, -0.15) is 9.97 Å². The van der Waals surface area contributed by atoms with E-state index in [4.69, 9.17) is 5.73 Å². The van der Waals surface area contributed by atoms with Crippen molar-refractivity contribution in [3.63, 3.8) is 0 Å². The average Bonchev–Trinajstić information content (AvgIpc) is 3.22. The Kier molecular flexibility index (Phi) is 3.93. The summed E-state index contributed by atoms with van der Waals surface area (Å²) in [5.41, 5.74) is 7.40. The molecule has 4 rings (SSSR count). The molecule has 0 fully saturated rings. The Balaban J connectivity index is 1.68. The number of hydrogen-bond donors (Lipinski definition) is 3. The minimum atomic E-state index is 0.142. The van der Waals surface area contributed by atoms with E-state index in [2.05, 4.69) is 38.5 Å². The Labute approximate surface area is 140 Å². The van der Waals surface area contributed by atoms with Gasteiger partial charge in [0.05, 0.1) is 12.4 Å². The largest absolute Gasteiger partial charge is 0.396 e. The smallest absolute Gasteiger partial charge is 0.224 e. The van der Waals surface area contributed by atoms with Crippen LogP contribution in [0.5, 0.6) is 0 Å². The average molecular weight is 326 g/mol. The first-order valence-electron chi connectivity index (χ1n) is 8.47. The Bertz CT molecular complexity index is 796. The molecule has 0 bridgehead atoms. The van der Waals surface area contributed by atoms with Crippen molar-refractivity contribution in [2.45, 2.75) is 37.8 Å². The van der Waals surface area contributed by atoms with Crippen LogP contribution in [0.3, 0.4) is 0 Å². The third kappa shape index (κ3) is 2.75. The van der Waals surface area contributed by atoms with Gasteiger partial charge in [0.2, 0.25) is 5.95 Å². The minimum Gasteiger partial charge on any atom is -0.396 e. The van der Waals surface area contributed by atoms with Crippen LogP contribution in [0.25, 0.3) is 11.2 Å². The van der Waals surface area contributed by atoms with E-state index in [1.165, 1.54) is 6.42 Å². The van der Waals surface area contributed by atoms with Crippen LogP contribution >= 0.6 is 0 Å². The molecule has 1 unspecified atom stereocenters. The van der Waals surface area contributed by atoms with Gasteiger partial charge in [-0.3, -0.25) is 0 Å². The third-order valence-corrected chi connectivity index (χ3v) is 4.76. The Morgan fingerprint density at radius 2 is 2.21 bits per heavy atom. The third-order valence-electron chi connectivity index (χ3n) is 4.76. The molecule has 0 radical (unpaired) electrons. The second-order valence-corrected chi connectivity index (χ2v) is 6.49. The number of aliphatic hydroxyl groups is 1. The predicted octanol–water partition coefficient (Wildman–Crippen LogP) is 2.04. The van der Waals surface area contributed by atoms with Crippen molar-refractivity contribution in [3.05, 3.63) is 30.6 Å². The number of aromatic nitrogens is 4. The maximum Gasteiger partial charge on any atom is 0.224 e. The molecular formula is C17H22N6O. The summed E-state index contributed by atoms with van der Waals surface area (Å²) in [5.74, 6) is 1.12. The highest BCUT2D eigenvalue weighted by Crippen LogP contribution is 2.31. The number of nitrogens with one attached hydrogen (secondary N) is 1. The number of imidazole rings is 1. The zero-order valence-corrected chi connectivity index (χ0v) is 13.5. The van der Waals surface area contributed by atoms with Crippen LogP contribution < -0.4 is 11.1 Å². The molecule has 126 valence electrons. The maximum atomic E-state index is 9.33. The fourth-order valence-corrected chi connectivity index (χ4v) is 3.48. The molecule has 3 atom stereocenters. The molecule has 2 aliphatic rings. The van der Waals surface area contributed by atoms with Gasteiger partial charge in [0.25, 0.3) is 0 Å². The van der Waals surface area contributed by atoms with Gasteiger partial charge in [-0.05, 0) is 25.7 Å². The Morgan fingerprint density at radius 1 is 1.29 bits per heavy atom. The molecule has 0 aromatic carbocycles. The number of aliphatic hydroxyl groups excluding tert-OH is 1. The number of fused-ring (bicyclic) bond motifs is 1.